The first-order valence-corrected chi connectivity index (χ1v) is 9.33. The summed E-state index contributed by atoms with van der Waals surface area (Å²) in [6.45, 7) is 0.410. The van der Waals surface area contributed by atoms with Crippen LogP contribution in [0.4, 0.5) is 0 Å². The number of rotatable bonds is 5. The van der Waals surface area contributed by atoms with Crippen LogP contribution < -0.4 is 4.72 Å². The number of carboxylic acid groups (broad SMARTS) is 1. The van der Waals surface area contributed by atoms with Gasteiger partial charge in [0.05, 0.1) is 5.56 Å². The summed E-state index contributed by atoms with van der Waals surface area (Å²) >= 11 is 2.72. The van der Waals surface area contributed by atoms with E-state index in [9.17, 15) is 13.2 Å². The molecule has 1 fully saturated rings. The van der Waals surface area contributed by atoms with Crippen molar-refractivity contribution < 1.29 is 18.3 Å². The quantitative estimate of drug-likeness (QED) is 0.867. The molecule has 0 bridgehead atoms. The van der Waals surface area contributed by atoms with Gasteiger partial charge in [0.1, 0.15) is 4.21 Å². The average Bonchev–Trinajstić information content (AvgIpc) is 2.88. The van der Waals surface area contributed by atoms with Gasteiger partial charge in [0, 0.05) is 17.2 Å². The molecule has 1 saturated heterocycles. The molecule has 106 valence electrons. The minimum atomic E-state index is -3.58. The molecule has 0 radical (unpaired) electrons. The van der Waals surface area contributed by atoms with Crippen molar-refractivity contribution >= 4 is 39.1 Å². The number of sulfonamides is 1. The van der Waals surface area contributed by atoms with Gasteiger partial charge in [-0.1, -0.05) is 6.42 Å². The van der Waals surface area contributed by atoms with Gasteiger partial charge in [0.15, 0.2) is 0 Å². The molecule has 0 aromatic carbocycles. The van der Waals surface area contributed by atoms with E-state index >= 15 is 0 Å². The lowest BCUT2D eigenvalue weighted by Gasteiger charge is -2.21. The molecular weight excluding hydrogens is 306 g/mol. The zero-order valence-electron chi connectivity index (χ0n) is 10.2. The SMILES string of the molecule is O=C(O)c1csc(S(=O)(=O)NCC2CCCCS2)c1. The lowest BCUT2D eigenvalue weighted by atomic mass is 10.2. The Balaban J connectivity index is 1.98. The van der Waals surface area contributed by atoms with Gasteiger partial charge in [-0.05, 0) is 24.7 Å². The molecule has 2 N–H and O–H groups in total. The van der Waals surface area contributed by atoms with Gasteiger partial charge in [0.25, 0.3) is 0 Å². The first-order chi connectivity index (χ1) is 8.99. The number of aromatic carboxylic acids is 1. The highest BCUT2D eigenvalue weighted by Gasteiger charge is 2.21. The van der Waals surface area contributed by atoms with Crippen LogP contribution in [0.1, 0.15) is 29.6 Å². The van der Waals surface area contributed by atoms with Crippen LogP contribution in [0.2, 0.25) is 0 Å². The van der Waals surface area contributed by atoms with Crippen molar-refractivity contribution in [1.29, 1.82) is 0 Å². The highest BCUT2D eigenvalue weighted by molar-refractivity contribution is 8.00. The number of hydrogen-bond acceptors (Lipinski definition) is 5. The van der Waals surface area contributed by atoms with E-state index < -0.39 is 16.0 Å². The summed E-state index contributed by atoms with van der Waals surface area (Å²) in [6.07, 6.45) is 3.36. The number of carbonyl (C=O) groups is 1. The molecule has 0 amide bonds. The third-order valence-corrected chi connectivity index (χ3v) is 7.12. The smallest absolute Gasteiger partial charge is 0.336 e. The molecule has 1 aliphatic rings. The monoisotopic (exact) mass is 321 g/mol. The molecule has 8 heteroatoms. The van der Waals surface area contributed by atoms with E-state index in [1.807, 2.05) is 0 Å². The number of nitrogens with one attached hydrogen (secondary N) is 1. The van der Waals surface area contributed by atoms with Crippen molar-refractivity contribution in [1.82, 2.24) is 4.72 Å². The average molecular weight is 321 g/mol. The summed E-state index contributed by atoms with van der Waals surface area (Å²) in [5.41, 5.74) is 0.0115. The largest absolute Gasteiger partial charge is 0.478 e. The predicted octanol–water partition coefficient (Wildman–Crippen LogP) is 2.01. The Hall–Kier alpha value is -0.570. The standard InChI is InChI=1S/C11H15NO4S3/c13-11(14)8-5-10(18-7-8)19(15,16)12-6-9-3-1-2-4-17-9/h5,7,9,12H,1-4,6H2,(H,13,14). The minimum Gasteiger partial charge on any atom is -0.478 e. The highest BCUT2D eigenvalue weighted by atomic mass is 32.2. The maximum Gasteiger partial charge on any atom is 0.336 e. The van der Waals surface area contributed by atoms with E-state index in [1.54, 1.807) is 11.8 Å². The molecule has 2 heterocycles. The molecule has 2 rings (SSSR count). The molecule has 1 aromatic heterocycles. The fourth-order valence-corrected chi connectivity index (χ4v) is 5.44. The Morgan fingerprint density at radius 1 is 1.47 bits per heavy atom. The first kappa shape index (κ1) is 14.8. The fourth-order valence-electron chi connectivity index (χ4n) is 1.81. The summed E-state index contributed by atoms with van der Waals surface area (Å²) in [4.78, 5) is 10.7. The maximum atomic E-state index is 12.0. The van der Waals surface area contributed by atoms with Gasteiger partial charge in [0.2, 0.25) is 10.0 Å². The fraction of sp³-hybridized carbons (Fsp3) is 0.545. The lowest BCUT2D eigenvalue weighted by molar-refractivity contribution is 0.0697. The molecule has 0 aliphatic carbocycles. The molecule has 1 aromatic rings. The van der Waals surface area contributed by atoms with Crippen LogP contribution in [-0.2, 0) is 10.0 Å². The Labute approximate surface area is 120 Å². The number of thiophene rings is 1. The van der Waals surface area contributed by atoms with E-state index in [4.69, 9.17) is 5.11 Å². The number of carboxylic acids is 1. The van der Waals surface area contributed by atoms with E-state index in [-0.39, 0.29) is 9.77 Å². The Kier molecular flexibility index (Phi) is 4.88. The molecule has 1 atom stereocenters. The summed E-state index contributed by atoms with van der Waals surface area (Å²) < 4.78 is 26.6. The van der Waals surface area contributed by atoms with Crippen molar-refractivity contribution in [3.8, 4) is 0 Å². The van der Waals surface area contributed by atoms with E-state index in [0.29, 0.717) is 11.8 Å². The third-order valence-electron chi connectivity index (χ3n) is 2.86. The Morgan fingerprint density at radius 2 is 2.26 bits per heavy atom. The van der Waals surface area contributed by atoms with Crippen LogP contribution in [0.3, 0.4) is 0 Å². The van der Waals surface area contributed by atoms with Crippen LogP contribution in [0.5, 0.6) is 0 Å². The Bertz CT molecular complexity index is 546. The van der Waals surface area contributed by atoms with Crippen molar-refractivity contribution in [3.05, 3.63) is 17.0 Å². The van der Waals surface area contributed by atoms with Gasteiger partial charge in [-0.2, -0.15) is 11.8 Å². The molecule has 1 aliphatic heterocycles. The van der Waals surface area contributed by atoms with E-state index in [1.165, 1.54) is 17.9 Å². The molecule has 0 saturated carbocycles. The Morgan fingerprint density at radius 3 is 2.84 bits per heavy atom. The minimum absolute atomic E-state index is 0.0115. The van der Waals surface area contributed by atoms with Gasteiger partial charge < -0.3 is 5.11 Å². The van der Waals surface area contributed by atoms with Crippen molar-refractivity contribution in [3.63, 3.8) is 0 Å². The summed E-state index contributed by atoms with van der Waals surface area (Å²) in [7, 11) is -3.58. The van der Waals surface area contributed by atoms with Crippen LogP contribution in [0.15, 0.2) is 15.7 Å². The molecule has 1 unspecified atom stereocenters. The topological polar surface area (TPSA) is 83.5 Å². The van der Waals surface area contributed by atoms with Crippen molar-refractivity contribution in [2.75, 3.05) is 12.3 Å². The second-order valence-corrected chi connectivity index (χ2v) is 8.61. The normalized spacial score (nSPS) is 20.3. The van der Waals surface area contributed by atoms with Crippen LogP contribution in [-0.4, -0.2) is 37.0 Å². The van der Waals surface area contributed by atoms with Gasteiger partial charge >= 0.3 is 5.97 Å². The number of hydrogen-bond donors (Lipinski definition) is 2. The third kappa shape index (κ3) is 3.95. The van der Waals surface area contributed by atoms with Crippen LogP contribution in [0.25, 0.3) is 0 Å². The lowest BCUT2D eigenvalue weighted by Crippen LogP contribution is -2.31. The van der Waals surface area contributed by atoms with E-state index in [0.717, 1.165) is 29.9 Å². The molecule has 0 spiro atoms. The molecule has 19 heavy (non-hydrogen) atoms. The summed E-state index contributed by atoms with van der Waals surface area (Å²) in [6, 6.07) is 1.20. The molecule has 5 nitrogen and oxygen atoms in total. The van der Waals surface area contributed by atoms with Crippen molar-refractivity contribution in [2.45, 2.75) is 28.7 Å². The summed E-state index contributed by atoms with van der Waals surface area (Å²) in [5.74, 6) is -0.0327. The molecular formula is C11H15NO4S3. The van der Waals surface area contributed by atoms with Gasteiger partial charge in [-0.3, -0.25) is 0 Å². The zero-order valence-corrected chi connectivity index (χ0v) is 12.6. The summed E-state index contributed by atoms with van der Waals surface area (Å²) in [5, 5.41) is 10.4. The predicted molar refractivity (Wildman–Crippen MR) is 76.6 cm³/mol. The van der Waals surface area contributed by atoms with Crippen LogP contribution in [0, 0.1) is 0 Å². The van der Waals surface area contributed by atoms with Gasteiger partial charge in [-0.15, -0.1) is 11.3 Å². The maximum absolute atomic E-state index is 12.0. The second kappa shape index (κ2) is 6.25. The first-order valence-electron chi connectivity index (χ1n) is 5.92. The highest BCUT2D eigenvalue weighted by Crippen LogP contribution is 2.25. The van der Waals surface area contributed by atoms with Crippen molar-refractivity contribution in [2.24, 2.45) is 0 Å². The zero-order chi connectivity index (χ0) is 13.9. The number of thioether (sulfide) groups is 1. The van der Waals surface area contributed by atoms with E-state index in [2.05, 4.69) is 4.72 Å². The van der Waals surface area contributed by atoms with Crippen LogP contribution >= 0.6 is 23.1 Å². The second-order valence-electron chi connectivity index (χ2n) is 4.30. The van der Waals surface area contributed by atoms with Gasteiger partial charge in [-0.25, -0.2) is 17.9 Å².